The number of nitrogens with zero attached hydrogens (tertiary/aromatic N) is 3. The average Bonchev–Trinajstić information content (AvgIpc) is 3.30. The molecule has 0 saturated carbocycles. The number of carbonyl (C=O) groups excluding carboxylic acids is 2. The van der Waals surface area contributed by atoms with Gasteiger partial charge in [-0.2, -0.15) is 0 Å². The number of ether oxygens (including phenoxy) is 1. The summed E-state index contributed by atoms with van der Waals surface area (Å²) in [5.41, 5.74) is 2.18. The zero-order valence-electron chi connectivity index (χ0n) is 19.1. The zero-order chi connectivity index (χ0) is 23.5. The molecule has 0 spiro atoms. The van der Waals surface area contributed by atoms with E-state index in [4.69, 9.17) is 4.74 Å². The van der Waals surface area contributed by atoms with Crippen molar-refractivity contribution < 1.29 is 18.7 Å². The third-order valence-electron chi connectivity index (χ3n) is 6.03. The fourth-order valence-electron chi connectivity index (χ4n) is 4.33. The molecule has 172 valence electrons. The second kappa shape index (κ2) is 9.48. The first-order valence-corrected chi connectivity index (χ1v) is 11.0. The van der Waals surface area contributed by atoms with Crippen molar-refractivity contribution in [2.75, 3.05) is 20.2 Å². The van der Waals surface area contributed by atoms with Crippen molar-refractivity contribution in [3.8, 4) is 5.75 Å². The van der Waals surface area contributed by atoms with Crippen LogP contribution in [0.25, 0.3) is 0 Å². The van der Waals surface area contributed by atoms with Crippen molar-refractivity contribution in [3.63, 3.8) is 0 Å². The number of hydrogen-bond acceptors (Lipinski definition) is 3. The Morgan fingerprint density at radius 2 is 1.88 bits per heavy atom. The minimum atomic E-state index is -0.481. The van der Waals surface area contributed by atoms with Gasteiger partial charge in [0.25, 0.3) is 5.91 Å². The number of methoxy groups -OCH3 is 1. The molecule has 1 aromatic heterocycles. The molecule has 2 heterocycles. The van der Waals surface area contributed by atoms with E-state index in [0.717, 1.165) is 11.3 Å². The molecule has 2 amide bonds. The molecule has 1 unspecified atom stereocenters. The maximum absolute atomic E-state index is 13.7. The number of hydrogen-bond donors (Lipinski definition) is 0. The number of carbonyl (C=O) groups is 2. The van der Waals surface area contributed by atoms with Gasteiger partial charge >= 0.3 is 0 Å². The van der Waals surface area contributed by atoms with Gasteiger partial charge in [0.05, 0.1) is 13.2 Å². The van der Waals surface area contributed by atoms with Gasteiger partial charge in [0.2, 0.25) is 5.91 Å². The van der Waals surface area contributed by atoms with Crippen LogP contribution in [0.5, 0.6) is 5.75 Å². The molecule has 0 fully saturated rings. The van der Waals surface area contributed by atoms with Crippen LogP contribution in [0.2, 0.25) is 0 Å². The molecule has 3 aromatic rings. The minimum absolute atomic E-state index is 0.0891. The SMILES string of the molecule is COc1cccc(C2c3cccn3CCN2C(=O)CN(C(=O)c2cccc(F)c2)C(C)C)c1. The molecule has 0 aliphatic carbocycles. The quantitative estimate of drug-likeness (QED) is 0.569. The summed E-state index contributed by atoms with van der Waals surface area (Å²) >= 11 is 0. The maximum atomic E-state index is 13.7. The number of fused-ring (bicyclic) bond motifs is 1. The number of halogens is 1. The highest BCUT2D eigenvalue weighted by Gasteiger charge is 2.34. The fourth-order valence-corrected chi connectivity index (χ4v) is 4.33. The largest absolute Gasteiger partial charge is 0.497 e. The highest BCUT2D eigenvalue weighted by Crippen LogP contribution is 2.34. The molecular formula is C26H28FN3O3. The van der Waals surface area contributed by atoms with Gasteiger partial charge in [0, 0.05) is 36.6 Å². The van der Waals surface area contributed by atoms with E-state index in [1.54, 1.807) is 13.2 Å². The molecule has 7 heteroatoms. The summed E-state index contributed by atoms with van der Waals surface area (Å²) in [6.07, 6.45) is 2.01. The van der Waals surface area contributed by atoms with Crippen LogP contribution in [0.15, 0.2) is 66.9 Å². The normalized spacial score (nSPS) is 15.3. The number of amides is 2. The first-order valence-electron chi connectivity index (χ1n) is 11.0. The average molecular weight is 450 g/mol. The maximum Gasteiger partial charge on any atom is 0.254 e. The first kappa shape index (κ1) is 22.6. The first-order chi connectivity index (χ1) is 15.9. The highest BCUT2D eigenvalue weighted by molar-refractivity contribution is 5.96. The Hall–Kier alpha value is -3.61. The van der Waals surface area contributed by atoms with Crippen LogP contribution in [0.4, 0.5) is 4.39 Å². The van der Waals surface area contributed by atoms with Gasteiger partial charge in [-0.15, -0.1) is 0 Å². The second-order valence-electron chi connectivity index (χ2n) is 8.43. The molecule has 6 nitrogen and oxygen atoms in total. The van der Waals surface area contributed by atoms with E-state index in [2.05, 4.69) is 4.57 Å². The Labute approximate surface area is 193 Å². The van der Waals surface area contributed by atoms with E-state index >= 15 is 0 Å². The third kappa shape index (κ3) is 4.62. The minimum Gasteiger partial charge on any atom is -0.497 e. The van der Waals surface area contributed by atoms with Crippen molar-refractivity contribution in [2.45, 2.75) is 32.5 Å². The molecule has 0 N–H and O–H groups in total. The summed E-state index contributed by atoms with van der Waals surface area (Å²) in [7, 11) is 1.62. The van der Waals surface area contributed by atoms with Crippen LogP contribution in [0.3, 0.4) is 0 Å². The molecule has 1 aliphatic heterocycles. The standard InChI is InChI=1S/C26H28FN3O3/c1-18(2)30(26(32)20-8-4-9-21(27)15-20)17-24(31)29-14-13-28-12-6-11-23(28)25(29)19-7-5-10-22(16-19)33-3/h4-12,15-16,18,25H,13-14,17H2,1-3H3. The highest BCUT2D eigenvalue weighted by atomic mass is 19.1. The molecule has 0 radical (unpaired) electrons. The van der Waals surface area contributed by atoms with Crippen molar-refractivity contribution in [3.05, 3.63) is 89.5 Å². The third-order valence-corrected chi connectivity index (χ3v) is 6.03. The van der Waals surface area contributed by atoms with Crippen LogP contribution < -0.4 is 4.74 Å². The predicted molar refractivity (Wildman–Crippen MR) is 124 cm³/mol. The van der Waals surface area contributed by atoms with E-state index in [9.17, 15) is 14.0 Å². The Balaban J connectivity index is 1.64. The Morgan fingerprint density at radius 3 is 2.61 bits per heavy atom. The van der Waals surface area contributed by atoms with Gasteiger partial charge in [-0.05, 0) is 61.9 Å². The predicted octanol–water partition coefficient (Wildman–Crippen LogP) is 4.12. The van der Waals surface area contributed by atoms with Crippen LogP contribution >= 0.6 is 0 Å². The van der Waals surface area contributed by atoms with Gasteiger partial charge in [-0.1, -0.05) is 18.2 Å². The topological polar surface area (TPSA) is 54.8 Å². The van der Waals surface area contributed by atoms with E-state index in [0.29, 0.717) is 18.8 Å². The molecule has 2 aromatic carbocycles. The summed E-state index contributed by atoms with van der Waals surface area (Å²) in [5, 5.41) is 0. The molecule has 1 atom stereocenters. The lowest BCUT2D eigenvalue weighted by Crippen LogP contribution is -2.49. The Bertz CT molecular complexity index is 1160. The Morgan fingerprint density at radius 1 is 1.09 bits per heavy atom. The molecule has 0 saturated heterocycles. The molecule has 33 heavy (non-hydrogen) atoms. The van der Waals surface area contributed by atoms with Crippen molar-refractivity contribution >= 4 is 11.8 Å². The van der Waals surface area contributed by atoms with Gasteiger partial charge in [0.15, 0.2) is 0 Å². The van der Waals surface area contributed by atoms with E-state index < -0.39 is 5.82 Å². The van der Waals surface area contributed by atoms with Gasteiger partial charge in [0.1, 0.15) is 18.1 Å². The van der Waals surface area contributed by atoms with Crippen molar-refractivity contribution in [2.24, 2.45) is 0 Å². The summed E-state index contributed by atoms with van der Waals surface area (Å²) in [6, 6.07) is 16.7. The van der Waals surface area contributed by atoms with Crippen molar-refractivity contribution in [1.29, 1.82) is 0 Å². The van der Waals surface area contributed by atoms with E-state index in [-0.39, 0.29) is 36.0 Å². The fraction of sp³-hybridized carbons (Fsp3) is 0.308. The van der Waals surface area contributed by atoms with E-state index in [1.165, 1.54) is 23.1 Å². The molecule has 0 bridgehead atoms. The molecule has 4 rings (SSSR count). The Kier molecular flexibility index (Phi) is 6.49. The summed E-state index contributed by atoms with van der Waals surface area (Å²) in [6.45, 7) is 4.81. The van der Waals surface area contributed by atoms with Crippen LogP contribution in [0.1, 0.15) is 41.5 Å². The molecule has 1 aliphatic rings. The summed E-state index contributed by atoms with van der Waals surface area (Å²) in [5.74, 6) is -0.288. The molecular weight excluding hydrogens is 421 g/mol. The number of rotatable bonds is 6. The number of aromatic nitrogens is 1. The van der Waals surface area contributed by atoms with Gasteiger partial charge in [-0.25, -0.2) is 4.39 Å². The zero-order valence-corrected chi connectivity index (χ0v) is 19.1. The second-order valence-corrected chi connectivity index (χ2v) is 8.43. The smallest absolute Gasteiger partial charge is 0.254 e. The van der Waals surface area contributed by atoms with Gasteiger partial charge in [-0.3, -0.25) is 9.59 Å². The van der Waals surface area contributed by atoms with Gasteiger partial charge < -0.3 is 19.1 Å². The lowest BCUT2D eigenvalue weighted by atomic mass is 9.99. The van der Waals surface area contributed by atoms with Crippen LogP contribution in [-0.4, -0.2) is 52.4 Å². The van der Waals surface area contributed by atoms with Crippen LogP contribution in [-0.2, 0) is 11.3 Å². The van der Waals surface area contributed by atoms with Crippen LogP contribution in [0, 0.1) is 5.82 Å². The number of benzene rings is 2. The van der Waals surface area contributed by atoms with E-state index in [1.807, 2.05) is 61.3 Å². The summed E-state index contributed by atoms with van der Waals surface area (Å²) < 4.78 is 21.2. The summed E-state index contributed by atoms with van der Waals surface area (Å²) in [4.78, 5) is 30.0. The van der Waals surface area contributed by atoms with Crippen molar-refractivity contribution in [1.82, 2.24) is 14.4 Å². The monoisotopic (exact) mass is 449 g/mol. The lowest BCUT2D eigenvalue weighted by molar-refractivity contribution is -0.135. The lowest BCUT2D eigenvalue weighted by Gasteiger charge is -2.39.